The molecule has 0 aliphatic heterocycles. The van der Waals surface area contributed by atoms with Gasteiger partial charge in [-0.25, -0.2) is 8.42 Å². The van der Waals surface area contributed by atoms with E-state index in [0.29, 0.717) is 26.0 Å². The number of hydrogen-bond acceptors (Lipinski definition) is 5. The van der Waals surface area contributed by atoms with Crippen LogP contribution in [0.15, 0.2) is 30.3 Å². The number of aryl methyl sites for hydroxylation is 1. The van der Waals surface area contributed by atoms with Crippen LogP contribution in [0.3, 0.4) is 0 Å². The van der Waals surface area contributed by atoms with E-state index in [2.05, 4.69) is 10.6 Å². The predicted molar refractivity (Wildman–Crippen MR) is 105 cm³/mol. The first-order valence-corrected chi connectivity index (χ1v) is 10.9. The van der Waals surface area contributed by atoms with Gasteiger partial charge in [-0.1, -0.05) is 30.7 Å². The first-order chi connectivity index (χ1) is 12.2. The number of rotatable bonds is 7. The number of hydrogen-bond donors (Lipinski definition) is 2. The second-order valence-corrected chi connectivity index (χ2v) is 9.48. The number of sulfone groups is 1. The van der Waals surface area contributed by atoms with E-state index in [1.807, 2.05) is 0 Å². The molecule has 1 aromatic carbocycles. The lowest BCUT2D eigenvalue weighted by Gasteiger charge is -2.05. The van der Waals surface area contributed by atoms with Crippen molar-refractivity contribution in [1.29, 1.82) is 0 Å². The summed E-state index contributed by atoms with van der Waals surface area (Å²) < 4.78 is 22.9. The smallest absolute Gasteiger partial charge is 0.261 e. The minimum absolute atomic E-state index is 0.0408. The molecule has 0 saturated heterocycles. The molecule has 2 rings (SSSR count). The van der Waals surface area contributed by atoms with Gasteiger partial charge in [0, 0.05) is 12.3 Å². The van der Waals surface area contributed by atoms with Crippen LogP contribution in [0.5, 0.6) is 0 Å². The maximum Gasteiger partial charge on any atom is 0.261 e. The number of halogens is 1. The van der Waals surface area contributed by atoms with Crippen molar-refractivity contribution in [3.63, 3.8) is 0 Å². The molecule has 0 fully saturated rings. The van der Waals surface area contributed by atoms with Crippen molar-refractivity contribution in [1.82, 2.24) is 5.32 Å². The van der Waals surface area contributed by atoms with Crippen LogP contribution in [0.1, 0.15) is 32.5 Å². The molecule has 0 saturated carbocycles. The summed E-state index contributed by atoms with van der Waals surface area (Å²) in [5.74, 6) is -0.788. The Hall–Kier alpha value is -1.90. The lowest BCUT2D eigenvalue weighted by Crippen LogP contribution is -2.29. The topological polar surface area (TPSA) is 92.3 Å². The quantitative estimate of drug-likeness (QED) is 0.727. The van der Waals surface area contributed by atoms with Crippen molar-refractivity contribution in [2.75, 3.05) is 23.4 Å². The fraction of sp³-hybridized carbons (Fsp3) is 0.294. The van der Waals surface area contributed by atoms with E-state index in [9.17, 15) is 18.0 Å². The molecular formula is C17H19ClN2O4S2. The van der Waals surface area contributed by atoms with E-state index >= 15 is 0 Å². The molecule has 140 valence electrons. The van der Waals surface area contributed by atoms with E-state index in [1.54, 1.807) is 44.2 Å². The molecule has 0 atom stereocenters. The molecule has 2 amide bonds. The molecule has 9 heteroatoms. The Bertz CT molecular complexity index is 923. The molecule has 2 aromatic rings. The normalized spacial score (nSPS) is 11.2. The first kappa shape index (κ1) is 20.4. The predicted octanol–water partition coefficient (Wildman–Crippen LogP) is 3.13. The summed E-state index contributed by atoms with van der Waals surface area (Å²) in [7, 11) is -3.13. The Labute approximate surface area is 161 Å². The fourth-order valence-corrected chi connectivity index (χ4v) is 4.05. The molecule has 6 nitrogen and oxygen atoms in total. The lowest BCUT2D eigenvalue weighted by atomic mass is 10.2. The Balaban J connectivity index is 2.03. The standard InChI is InChI=1S/C17H19ClN2O4S2/c1-3-26(23,24)9-8-19-17(22)15-11(2)10-14(25-15)20-16(21)12-6-4-5-7-13(12)18/h4-7,10H,3,8-9H2,1-2H3,(H,19,22)(H,20,21). The molecule has 1 heterocycles. The monoisotopic (exact) mass is 414 g/mol. The van der Waals surface area contributed by atoms with Crippen LogP contribution in [0.2, 0.25) is 5.02 Å². The molecule has 0 spiro atoms. The van der Waals surface area contributed by atoms with Gasteiger partial charge in [-0.15, -0.1) is 11.3 Å². The summed E-state index contributed by atoms with van der Waals surface area (Å²) in [4.78, 5) is 24.9. The van der Waals surface area contributed by atoms with Gasteiger partial charge in [-0.2, -0.15) is 0 Å². The van der Waals surface area contributed by atoms with Crippen LogP contribution < -0.4 is 10.6 Å². The summed E-state index contributed by atoms with van der Waals surface area (Å²) in [6, 6.07) is 8.37. The van der Waals surface area contributed by atoms with Gasteiger partial charge >= 0.3 is 0 Å². The number of carbonyl (C=O) groups is 2. The summed E-state index contributed by atoms with van der Waals surface area (Å²) in [5, 5.41) is 6.17. The highest BCUT2D eigenvalue weighted by Gasteiger charge is 2.17. The molecule has 0 unspecified atom stereocenters. The van der Waals surface area contributed by atoms with Gasteiger partial charge in [-0.05, 0) is 30.7 Å². The van der Waals surface area contributed by atoms with E-state index in [-0.39, 0.29) is 29.9 Å². The van der Waals surface area contributed by atoms with Crippen molar-refractivity contribution in [2.45, 2.75) is 13.8 Å². The van der Waals surface area contributed by atoms with Gasteiger partial charge in [-0.3, -0.25) is 9.59 Å². The van der Waals surface area contributed by atoms with Gasteiger partial charge in [0.05, 0.1) is 26.2 Å². The highest BCUT2D eigenvalue weighted by atomic mass is 35.5. The maximum atomic E-state index is 12.3. The van der Waals surface area contributed by atoms with E-state index in [0.717, 1.165) is 11.3 Å². The molecule has 2 N–H and O–H groups in total. The van der Waals surface area contributed by atoms with Crippen molar-refractivity contribution in [3.05, 3.63) is 51.4 Å². The van der Waals surface area contributed by atoms with Crippen molar-refractivity contribution in [2.24, 2.45) is 0 Å². The van der Waals surface area contributed by atoms with Crippen LogP contribution in [0.4, 0.5) is 5.00 Å². The molecule has 0 aliphatic carbocycles. The van der Waals surface area contributed by atoms with Crippen molar-refractivity contribution < 1.29 is 18.0 Å². The molecule has 0 bridgehead atoms. The highest BCUT2D eigenvalue weighted by molar-refractivity contribution is 7.91. The number of nitrogens with one attached hydrogen (secondary N) is 2. The average Bonchev–Trinajstić information content (AvgIpc) is 2.95. The molecule has 0 radical (unpaired) electrons. The van der Waals surface area contributed by atoms with Crippen LogP contribution >= 0.6 is 22.9 Å². The number of amides is 2. The van der Waals surface area contributed by atoms with Crippen LogP contribution in [-0.4, -0.2) is 38.3 Å². The lowest BCUT2D eigenvalue weighted by molar-refractivity contribution is 0.0958. The van der Waals surface area contributed by atoms with Crippen molar-refractivity contribution >= 4 is 49.6 Å². The van der Waals surface area contributed by atoms with E-state index in [1.165, 1.54) is 0 Å². The summed E-state index contributed by atoms with van der Waals surface area (Å²) in [5.41, 5.74) is 1.04. The zero-order valence-electron chi connectivity index (χ0n) is 14.3. The minimum Gasteiger partial charge on any atom is -0.350 e. The Morgan fingerprint density at radius 3 is 2.54 bits per heavy atom. The van der Waals surface area contributed by atoms with Gasteiger partial charge < -0.3 is 10.6 Å². The van der Waals surface area contributed by atoms with Crippen LogP contribution in [0, 0.1) is 6.92 Å². The molecule has 0 aliphatic rings. The highest BCUT2D eigenvalue weighted by Crippen LogP contribution is 2.27. The Morgan fingerprint density at radius 2 is 1.88 bits per heavy atom. The molecule has 26 heavy (non-hydrogen) atoms. The number of thiophene rings is 1. The summed E-state index contributed by atoms with van der Waals surface area (Å²) in [6.45, 7) is 3.36. The summed E-state index contributed by atoms with van der Waals surface area (Å²) in [6.07, 6.45) is 0. The first-order valence-electron chi connectivity index (χ1n) is 7.88. The molecular weight excluding hydrogens is 396 g/mol. The minimum atomic E-state index is -3.13. The van der Waals surface area contributed by atoms with E-state index < -0.39 is 9.84 Å². The zero-order valence-corrected chi connectivity index (χ0v) is 16.7. The van der Waals surface area contributed by atoms with Gasteiger partial charge in [0.15, 0.2) is 9.84 Å². The zero-order chi connectivity index (χ0) is 19.3. The second kappa shape index (κ2) is 8.66. The third-order valence-corrected chi connectivity index (χ3v) is 6.80. The van der Waals surface area contributed by atoms with Gasteiger partial charge in [0.2, 0.25) is 0 Å². The molecule has 1 aromatic heterocycles. The number of anilines is 1. The van der Waals surface area contributed by atoms with Gasteiger partial charge in [0.25, 0.3) is 11.8 Å². The van der Waals surface area contributed by atoms with Crippen LogP contribution in [-0.2, 0) is 9.84 Å². The summed E-state index contributed by atoms with van der Waals surface area (Å²) >= 11 is 7.13. The number of benzene rings is 1. The fourth-order valence-electron chi connectivity index (χ4n) is 2.14. The maximum absolute atomic E-state index is 12.3. The Morgan fingerprint density at radius 1 is 1.19 bits per heavy atom. The average molecular weight is 415 g/mol. The van der Waals surface area contributed by atoms with Crippen LogP contribution in [0.25, 0.3) is 0 Å². The van der Waals surface area contributed by atoms with E-state index in [4.69, 9.17) is 11.6 Å². The third kappa shape index (κ3) is 5.30. The largest absolute Gasteiger partial charge is 0.350 e. The van der Waals surface area contributed by atoms with Crippen molar-refractivity contribution in [3.8, 4) is 0 Å². The van der Waals surface area contributed by atoms with Gasteiger partial charge in [0.1, 0.15) is 0 Å². The second-order valence-electron chi connectivity index (χ2n) is 5.55. The SMILES string of the molecule is CCS(=O)(=O)CCNC(=O)c1sc(NC(=O)c2ccccc2Cl)cc1C. The number of carbonyl (C=O) groups excluding carboxylic acids is 2. The Kier molecular flexibility index (Phi) is 6.80. The third-order valence-electron chi connectivity index (χ3n) is 3.62.